The summed E-state index contributed by atoms with van der Waals surface area (Å²) in [6, 6.07) is 2.13. The minimum atomic E-state index is -0.972. The second-order valence-corrected chi connectivity index (χ2v) is 7.57. The fourth-order valence-corrected chi connectivity index (χ4v) is 3.56. The fraction of sp³-hybridized carbons (Fsp3) is 0.348. The maximum Gasteiger partial charge on any atom is 0.344 e. The Morgan fingerprint density at radius 2 is 1.88 bits per heavy atom. The molecule has 1 aliphatic carbocycles. The Morgan fingerprint density at radius 1 is 1.16 bits per heavy atom. The molecular weight excluding hydrogens is 440 g/mol. The lowest BCUT2D eigenvalue weighted by Gasteiger charge is -2.22. The van der Waals surface area contributed by atoms with Crippen LogP contribution in [0.2, 0.25) is 0 Å². The first-order chi connectivity index (χ1) is 15.4. The van der Waals surface area contributed by atoms with E-state index in [2.05, 4.69) is 16.6 Å². The van der Waals surface area contributed by atoms with Crippen molar-refractivity contribution in [3.8, 4) is 17.6 Å². The number of esters is 1. The van der Waals surface area contributed by atoms with Gasteiger partial charge < -0.3 is 9.47 Å². The lowest BCUT2D eigenvalue weighted by molar-refractivity contribution is -0.146. The van der Waals surface area contributed by atoms with E-state index in [1.807, 2.05) is 0 Å². The molecule has 6 nitrogen and oxygen atoms in total. The van der Waals surface area contributed by atoms with Gasteiger partial charge in [0.2, 0.25) is 11.8 Å². The first-order valence-electron chi connectivity index (χ1n) is 9.96. The van der Waals surface area contributed by atoms with Crippen LogP contribution in [0, 0.1) is 29.4 Å². The molecule has 1 aromatic rings. The molecule has 170 valence electrons. The Kier molecular flexibility index (Phi) is 9.95. The Bertz CT molecular complexity index is 957. The number of hydrogen-bond donors (Lipinski definition) is 0. The number of thioether (sulfide) groups is 1. The summed E-state index contributed by atoms with van der Waals surface area (Å²) < 4.78 is 38.0. The summed E-state index contributed by atoms with van der Waals surface area (Å²) in [7, 11) is 0. The number of allylic oxidation sites excluding steroid dienone is 3. The van der Waals surface area contributed by atoms with Gasteiger partial charge in [0, 0.05) is 23.6 Å². The molecule has 0 radical (unpaired) electrons. The molecule has 0 saturated carbocycles. The van der Waals surface area contributed by atoms with E-state index in [4.69, 9.17) is 4.74 Å². The Labute approximate surface area is 189 Å². The zero-order valence-electron chi connectivity index (χ0n) is 17.7. The minimum absolute atomic E-state index is 0.0555. The number of ether oxygens (including phenoxy) is 2. The highest BCUT2D eigenvalue weighted by Gasteiger charge is 2.25. The second kappa shape index (κ2) is 12.7. The summed E-state index contributed by atoms with van der Waals surface area (Å²) in [5, 5.41) is 0. The van der Waals surface area contributed by atoms with E-state index in [1.165, 1.54) is 0 Å². The zero-order valence-corrected chi connectivity index (χ0v) is 18.5. The quantitative estimate of drug-likeness (QED) is 0.300. The molecule has 0 aliphatic heterocycles. The number of carbonyl (C=O) groups excluding carboxylic acids is 3. The van der Waals surface area contributed by atoms with Gasteiger partial charge in [0.05, 0.1) is 6.61 Å². The lowest BCUT2D eigenvalue weighted by Crippen LogP contribution is -2.41. The van der Waals surface area contributed by atoms with E-state index >= 15 is 0 Å². The van der Waals surface area contributed by atoms with Crippen LogP contribution in [0.3, 0.4) is 0 Å². The number of halogens is 2. The highest BCUT2D eigenvalue weighted by molar-refractivity contribution is 7.99. The maximum absolute atomic E-state index is 14.2. The molecule has 9 heteroatoms. The molecule has 32 heavy (non-hydrogen) atoms. The maximum atomic E-state index is 14.2. The van der Waals surface area contributed by atoms with E-state index in [1.54, 1.807) is 38.2 Å². The summed E-state index contributed by atoms with van der Waals surface area (Å²) in [6.07, 6.45) is 6.73. The smallest absolute Gasteiger partial charge is 0.344 e. The standard InChI is InChI=1S/C23H23F2NO5S/c1-3-20(27)26(23(29)16-9-7-5-6-8-10-16)11-12-32-17-13-18(24)22(19(25)14-17)31-15-21(28)30-4-2/h5-7,9,13-14,16H,3-4,11-12,15H2,1-2H3. The minimum Gasteiger partial charge on any atom is -0.476 e. The summed E-state index contributed by atoms with van der Waals surface area (Å²) in [5.41, 5.74) is 0. The number of benzene rings is 1. The summed E-state index contributed by atoms with van der Waals surface area (Å²) in [4.78, 5) is 37.7. The average molecular weight is 464 g/mol. The number of hydrogen-bond acceptors (Lipinski definition) is 6. The molecular formula is C23H23F2NO5S. The van der Waals surface area contributed by atoms with Crippen molar-refractivity contribution in [3.05, 3.63) is 48.1 Å². The molecule has 0 fully saturated rings. The third-order valence-corrected chi connectivity index (χ3v) is 5.12. The molecule has 2 rings (SSSR count). The topological polar surface area (TPSA) is 72.9 Å². The van der Waals surface area contributed by atoms with Gasteiger partial charge in [-0.05, 0) is 25.1 Å². The van der Waals surface area contributed by atoms with Crippen molar-refractivity contribution >= 4 is 29.5 Å². The van der Waals surface area contributed by atoms with Crippen molar-refractivity contribution in [2.24, 2.45) is 5.92 Å². The monoisotopic (exact) mass is 463 g/mol. The molecule has 1 atom stereocenters. The van der Waals surface area contributed by atoms with Crippen molar-refractivity contribution in [1.29, 1.82) is 0 Å². The molecule has 0 aromatic heterocycles. The molecule has 0 bridgehead atoms. The van der Waals surface area contributed by atoms with Crippen LogP contribution in [-0.4, -0.2) is 48.2 Å². The van der Waals surface area contributed by atoms with Gasteiger partial charge in [0.25, 0.3) is 0 Å². The second-order valence-electron chi connectivity index (χ2n) is 6.41. The third-order valence-electron chi connectivity index (χ3n) is 4.16. The van der Waals surface area contributed by atoms with Crippen molar-refractivity contribution < 1.29 is 32.6 Å². The Balaban J connectivity index is 2.01. The number of imide groups is 1. The molecule has 1 aromatic carbocycles. The van der Waals surface area contributed by atoms with E-state index in [0.29, 0.717) is 0 Å². The van der Waals surface area contributed by atoms with Gasteiger partial charge in [-0.1, -0.05) is 37.0 Å². The fourth-order valence-electron chi connectivity index (χ4n) is 2.67. The molecule has 0 spiro atoms. The van der Waals surface area contributed by atoms with Crippen molar-refractivity contribution in [3.63, 3.8) is 0 Å². The van der Waals surface area contributed by atoms with Crippen molar-refractivity contribution in [2.45, 2.75) is 25.2 Å². The van der Waals surface area contributed by atoms with Crippen LogP contribution >= 0.6 is 11.8 Å². The largest absolute Gasteiger partial charge is 0.476 e. The predicted octanol–water partition coefficient (Wildman–Crippen LogP) is 3.51. The molecule has 0 N–H and O–H groups in total. The summed E-state index contributed by atoms with van der Waals surface area (Å²) in [5.74, 6) is 0.843. The number of amides is 2. The van der Waals surface area contributed by atoms with Crippen LogP contribution in [0.5, 0.6) is 5.75 Å². The van der Waals surface area contributed by atoms with Crippen molar-refractivity contribution in [2.75, 3.05) is 25.5 Å². The number of nitrogens with zero attached hydrogens (tertiary/aromatic N) is 1. The van der Waals surface area contributed by atoms with E-state index in [0.717, 1.165) is 28.8 Å². The average Bonchev–Trinajstić information content (AvgIpc) is 3.05. The van der Waals surface area contributed by atoms with Gasteiger partial charge >= 0.3 is 5.97 Å². The molecule has 1 aliphatic rings. The van der Waals surface area contributed by atoms with E-state index in [9.17, 15) is 23.2 Å². The highest BCUT2D eigenvalue weighted by Crippen LogP contribution is 2.28. The van der Waals surface area contributed by atoms with Gasteiger partial charge in [0.15, 0.2) is 24.0 Å². The highest BCUT2D eigenvalue weighted by atomic mass is 32.2. The SMILES string of the molecule is CCOC(=O)COc1c(F)cc(SCCN(C(=O)CC)C(=O)C2C#CC=CC=C2)cc1F. The van der Waals surface area contributed by atoms with Gasteiger partial charge in [-0.25, -0.2) is 13.6 Å². The number of carbonyl (C=O) groups is 3. The normalized spacial score (nSPS) is 14.2. The van der Waals surface area contributed by atoms with Gasteiger partial charge in [-0.15, -0.1) is 11.8 Å². The van der Waals surface area contributed by atoms with Gasteiger partial charge in [0.1, 0.15) is 5.92 Å². The van der Waals surface area contributed by atoms with E-state index < -0.39 is 41.8 Å². The summed E-state index contributed by atoms with van der Waals surface area (Å²) >= 11 is 1.07. The molecule has 1 unspecified atom stereocenters. The van der Waals surface area contributed by atoms with Crippen LogP contribution in [-0.2, 0) is 19.1 Å². The Hall–Kier alpha value is -3.12. The first-order valence-corrected chi connectivity index (χ1v) is 10.9. The molecule has 0 heterocycles. The Morgan fingerprint density at radius 3 is 2.53 bits per heavy atom. The van der Waals surface area contributed by atoms with Gasteiger partial charge in [-0.2, -0.15) is 0 Å². The van der Waals surface area contributed by atoms with Crippen LogP contribution in [0.4, 0.5) is 8.78 Å². The van der Waals surface area contributed by atoms with Crippen LogP contribution in [0.25, 0.3) is 0 Å². The third kappa shape index (κ3) is 7.24. The van der Waals surface area contributed by atoms with Crippen LogP contribution < -0.4 is 4.74 Å². The van der Waals surface area contributed by atoms with E-state index in [-0.39, 0.29) is 36.1 Å². The first kappa shape index (κ1) is 25.1. The lowest BCUT2D eigenvalue weighted by atomic mass is 10.1. The van der Waals surface area contributed by atoms with Crippen molar-refractivity contribution in [1.82, 2.24) is 4.90 Å². The van der Waals surface area contributed by atoms with Crippen LogP contribution in [0.1, 0.15) is 20.3 Å². The summed E-state index contributed by atoms with van der Waals surface area (Å²) in [6.45, 7) is 2.82. The molecule has 0 saturated heterocycles. The predicted molar refractivity (Wildman–Crippen MR) is 116 cm³/mol. The number of rotatable bonds is 10. The molecule has 2 amide bonds. The zero-order chi connectivity index (χ0) is 23.5. The van der Waals surface area contributed by atoms with Crippen LogP contribution in [0.15, 0.2) is 41.3 Å². The van der Waals surface area contributed by atoms with Gasteiger partial charge in [-0.3, -0.25) is 14.5 Å².